The average Bonchev–Trinajstić information content (AvgIpc) is 2.88. The van der Waals surface area contributed by atoms with Crippen molar-refractivity contribution >= 4 is 6.08 Å². The molecule has 2 unspecified atom stereocenters. The fourth-order valence-corrected chi connectivity index (χ4v) is 4.77. The zero-order chi connectivity index (χ0) is 24.9. The molecule has 3 aromatic carbocycles. The molecule has 184 valence electrons. The van der Waals surface area contributed by atoms with Crippen LogP contribution in [0.25, 0.3) is 28.3 Å². The molecular weight excluding hydrogens is 452 g/mol. The monoisotopic (exact) mass is 482 g/mol. The van der Waals surface area contributed by atoms with Crippen LogP contribution in [0, 0.1) is 29.2 Å². The quantitative estimate of drug-likeness (QED) is 0.292. The van der Waals surface area contributed by atoms with Crippen LogP contribution in [0.4, 0.5) is 17.6 Å². The van der Waals surface area contributed by atoms with Gasteiger partial charge < -0.3 is 4.74 Å². The Hall–Kier alpha value is -2.92. The summed E-state index contributed by atoms with van der Waals surface area (Å²) in [5.74, 6) is -4.16. The molecule has 5 heteroatoms. The Morgan fingerprint density at radius 3 is 2.06 bits per heavy atom. The highest BCUT2D eigenvalue weighted by Gasteiger charge is 2.24. The lowest BCUT2D eigenvalue weighted by Gasteiger charge is -2.29. The van der Waals surface area contributed by atoms with E-state index in [9.17, 15) is 17.6 Å². The van der Waals surface area contributed by atoms with Crippen molar-refractivity contribution in [1.29, 1.82) is 0 Å². The summed E-state index contributed by atoms with van der Waals surface area (Å²) in [7, 11) is 0. The van der Waals surface area contributed by atoms with Gasteiger partial charge in [-0.25, -0.2) is 17.6 Å². The minimum Gasteiger partial charge on any atom is -0.378 e. The minimum atomic E-state index is -1.21. The highest BCUT2D eigenvalue weighted by molar-refractivity contribution is 5.73. The molecule has 1 heterocycles. The normalized spacial score (nSPS) is 18.0. The fourth-order valence-electron chi connectivity index (χ4n) is 4.77. The van der Waals surface area contributed by atoms with Gasteiger partial charge in [0.2, 0.25) is 0 Å². The van der Waals surface area contributed by atoms with E-state index in [1.807, 2.05) is 0 Å². The maximum Gasteiger partial charge on any atom is 0.167 e. The summed E-state index contributed by atoms with van der Waals surface area (Å²) < 4.78 is 65.6. The van der Waals surface area contributed by atoms with Crippen molar-refractivity contribution in [3.63, 3.8) is 0 Å². The summed E-state index contributed by atoms with van der Waals surface area (Å²) in [5, 5.41) is 0. The second-order valence-corrected chi connectivity index (χ2v) is 9.24. The van der Waals surface area contributed by atoms with Crippen molar-refractivity contribution in [2.24, 2.45) is 5.92 Å². The molecule has 35 heavy (non-hydrogen) atoms. The number of halogens is 4. The van der Waals surface area contributed by atoms with Gasteiger partial charge >= 0.3 is 0 Å². The zero-order valence-corrected chi connectivity index (χ0v) is 19.9. The molecule has 1 fully saturated rings. The summed E-state index contributed by atoms with van der Waals surface area (Å²) in [5.41, 5.74) is 1.02. The van der Waals surface area contributed by atoms with E-state index in [1.54, 1.807) is 30.3 Å². The molecule has 1 aliphatic rings. The first-order valence-electron chi connectivity index (χ1n) is 12.2. The highest BCUT2D eigenvalue weighted by atomic mass is 19.2. The molecule has 0 aromatic heterocycles. The van der Waals surface area contributed by atoms with E-state index in [4.69, 9.17) is 4.74 Å². The number of aryl methyl sites for hydroxylation is 1. The summed E-state index contributed by atoms with van der Waals surface area (Å²) in [6.45, 7) is 6.44. The Morgan fingerprint density at radius 1 is 0.800 bits per heavy atom. The van der Waals surface area contributed by atoms with Gasteiger partial charge in [0.25, 0.3) is 0 Å². The Morgan fingerprint density at radius 2 is 1.43 bits per heavy atom. The zero-order valence-electron chi connectivity index (χ0n) is 19.9. The van der Waals surface area contributed by atoms with Crippen LogP contribution in [-0.2, 0) is 11.2 Å². The third-order valence-corrected chi connectivity index (χ3v) is 6.89. The molecule has 4 rings (SSSR count). The first-order valence-corrected chi connectivity index (χ1v) is 12.2. The van der Waals surface area contributed by atoms with Crippen LogP contribution >= 0.6 is 0 Å². The molecule has 0 amide bonds. The predicted molar refractivity (Wildman–Crippen MR) is 133 cm³/mol. The van der Waals surface area contributed by atoms with Crippen LogP contribution in [0.1, 0.15) is 50.2 Å². The van der Waals surface area contributed by atoms with E-state index in [0.717, 1.165) is 31.2 Å². The molecule has 0 spiro atoms. The molecule has 0 radical (unpaired) electrons. The van der Waals surface area contributed by atoms with Crippen molar-refractivity contribution < 1.29 is 22.3 Å². The molecule has 0 saturated carbocycles. The van der Waals surface area contributed by atoms with Gasteiger partial charge in [-0.3, -0.25) is 0 Å². The number of benzene rings is 3. The lowest BCUT2D eigenvalue weighted by molar-refractivity contribution is -0.0218. The number of rotatable bonds is 8. The van der Waals surface area contributed by atoms with Gasteiger partial charge in [-0.05, 0) is 54.7 Å². The largest absolute Gasteiger partial charge is 0.378 e. The molecule has 0 bridgehead atoms. The van der Waals surface area contributed by atoms with Crippen LogP contribution in [0.5, 0.6) is 0 Å². The number of hydrogen-bond acceptors (Lipinski definition) is 1. The molecule has 2 atom stereocenters. The van der Waals surface area contributed by atoms with E-state index in [-0.39, 0.29) is 22.3 Å². The SMILES string of the molecule is C=Cc1ccc(-c2ccc(-c3ccc(CCC4CCC(CCC)OC4)c(F)c3F)c(F)c2F)cc1. The first kappa shape index (κ1) is 25.2. The number of ether oxygens (including phenoxy) is 1. The van der Waals surface area contributed by atoms with Crippen LogP contribution in [0.2, 0.25) is 0 Å². The van der Waals surface area contributed by atoms with E-state index < -0.39 is 23.3 Å². The third kappa shape index (κ3) is 5.51. The molecule has 3 aromatic rings. The maximum atomic E-state index is 15.0. The van der Waals surface area contributed by atoms with Crippen molar-refractivity contribution in [2.45, 2.75) is 51.6 Å². The predicted octanol–water partition coefficient (Wildman–Crippen LogP) is 8.75. The molecular formula is C30H30F4O. The van der Waals surface area contributed by atoms with Crippen LogP contribution in [0.15, 0.2) is 55.1 Å². The Kier molecular flexibility index (Phi) is 8.07. The average molecular weight is 483 g/mol. The lowest BCUT2D eigenvalue weighted by atomic mass is 9.90. The van der Waals surface area contributed by atoms with Crippen molar-refractivity contribution in [1.82, 2.24) is 0 Å². The topological polar surface area (TPSA) is 9.23 Å². The lowest BCUT2D eigenvalue weighted by Crippen LogP contribution is -2.26. The highest BCUT2D eigenvalue weighted by Crippen LogP contribution is 2.35. The van der Waals surface area contributed by atoms with Crippen molar-refractivity contribution in [2.75, 3.05) is 6.61 Å². The number of hydrogen-bond donors (Lipinski definition) is 0. The summed E-state index contributed by atoms with van der Waals surface area (Å²) in [6, 6.07) is 12.3. The maximum absolute atomic E-state index is 15.0. The van der Waals surface area contributed by atoms with Crippen molar-refractivity contribution in [3.8, 4) is 22.3 Å². The Labute approximate surface area is 204 Å². The van der Waals surface area contributed by atoms with E-state index in [0.29, 0.717) is 37.0 Å². The first-order chi connectivity index (χ1) is 16.9. The van der Waals surface area contributed by atoms with Gasteiger partial charge in [0.05, 0.1) is 6.10 Å². The molecule has 1 nitrogen and oxygen atoms in total. The van der Waals surface area contributed by atoms with Gasteiger partial charge in [-0.2, -0.15) is 0 Å². The van der Waals surface area contributed by atoms with Crippen LogP contribution < -0.4 is 0 Å². The van der Waals surface area contributed by atoms with Gasteiger partial charge in [0.1, 0.15) is 0 Å². The van der Waals surface area contributed by atoms with Gasteiger partial charge in [-0.1, -0.05) is 74.5 Å². The standard InChI is InChI=1S/C30H30F4O/c1-3-5-23-14-9-20(18-35-23)8-12-22-13-15-25(29(33)27(22)31)26-17-16-24(28(32)30(26)34)21-10-6-19(4-2)7-11-21/h4,6-7,10-11,13,15-17,20,23H,2-3,5,8-9,12,14,18H2,1H3. The van der Waals surface area contributed by atoms with Crippen LogP contribution in [-0.4, -0.2) is 12.7 Å². The Balaban J connectivity index is 1.51. The van der Waals surface area contributed by atoms with E-state index >= 15 is 0 Å². The smallest absolute Gasteiger partial charge is 0.167 e. The van der Waals surface area contributed by atoms with Crippen LogP contribution in [0.3, 0.4) is 0 Å². The van der Waals surface area contributed by atoms with E-state index in [2.05, 4.69) is 13.5 Å². The van der Waals surface area contributed by atoms with Gasteiger partial charge in [0, 0.05) is 23.3 Å². The summed E-state index contributed by atoms with van der Waals surface area (Å²) in [6.07, 6.45) is 7.15. The minimum absolute atomic E-state index is 0.0511. The van der Waals surface area contributed by atoms with E-state index in [1.165, 1.54) is 24.3 Å². The van der Waals surface area contributed by atoms with Gasteiger partial charge in [0.15, 0.2) is 23.3 Å². The summed E-state index contributed by atoms with van der Waals surface area (Å²) in [4.78, 5) is 0. The summed E-state index contributed by atoms with van der Waals surface area (Å²) >= 11 is 0. The Bertz CT molecular complexity index is 1180. The van der Waals surface area contributed by atoms with Crippen molar-refractivity contribution in [3.05, 3.63) is 89.5 Å². The third-order valence-electron chi connectivity index (χ3n) is 6.89. The molecule has 0 N–H and O–H groups in total. The molecule has 0 aliphatic carbocycles. The second kappa shape index (κ2) is 11.2. The molecule has 1 aliphatic heterocycles. The fraction of sp³-hybridized carbons (Fsp3) is 0.333. The molecule has 1 saturated heterocycles. The second-order valence-electron chi connectivity index (χ2n) is 9.24. The van der Waals surface area contributed by atoms with Gasteiger partial charge in [-0.15, -0.1) is 0 Å².